The quantitative estimate of drug-likeness (QED) is 0.489. The third-order valence-corrected chi connectivity index (χ3v) is 6.70. The van der Waals surface area contributed by atoms with Crippen molar-refractivity contribution in [2.24, 2.45) is 5.92 Å². The van der Waals surface area contributed by atoms with Crippen molar-refractivity contribution in [3.8, 4) is 11.1 Å². The molecule has 0 aromatic heterocycles. The minimum Gasteiger partial charge on any atom is -0.385 e. The molecule has 6 heteroatoms. The number of aryl methyl sites for hydroxylation is 1. The minimum absolute atomic E-state index is 0.123. The second-order valence-electron chi connectivity index (χ2n) is 8.86. The highest BCUT2D eigenvalue weighted by atomic mass is 19.1. The zero-order valence-corrected chi connectivity index (χ0v) is 19.9. The molecule has 2 amide bonds. The van der Waals surface area contributed by atoms with E-state index in [4.69, 9.17) is 0 Å². The standard InChI is InChI=1S/C27H37FN3O2/c1-4-14-27(33,22-11-8-17-31(19-22)26(32)30-16-15-29-3)23-12-7-13-24(28)25(23)21-10-6-9-20(5-2)18-21/h6-7,9-10,12-13,18,22,29,33H,1,4-5,8,11,14-17,19H2,2-3H3,(H,30,32)/t22-,27+/m1/s1. The number of urea groups is 1. The van der Waals surface area contributed by atoms with E-state index in [0.717, 1.165) is 30.4 Å². The summed E-state index contributed by atoms with van der Waals surface area (Å²) in [5.74, 6) is -0.557. The predicted molar refractivity (Wildman–Crippen MR) is 131 cm³/mol. The fourth-order valence-electron chi connectivity index (χ4n) is 4.91. The Morgan fingerprint density at radius 2 is 2.06 bits per heavy atom. The first kappa shape index (κ1) is 25.2. The molecule has 3 N–H and O–H groups in total. The summed E-state index contributed by atoms with van der Waals surface area (Å²) in [6, 6.07) is 12.7. The molecule has 3 rings (SSSR count). The van der Waals surface area contributed by atoms with E-state index < -0.39 is 5.60 Å². The summed E-state index contributed by atoms with van der Waals surface area (Å²) in [6.45, 7) is 8.37. The number of aliphatic hydroxyl groups is 1. The topological polar surface area (TPSA) is 64.6 Å². The molecule has 179 valence electrons. The number of hydrogen-bond acceptors (Lipinski definition) is 3. The molecule has 1 aliphatic heterocycles. The van der Waals surface area contributed by atoms with Crippen molar-refractivity contribution in [3.05, 3.63) is 66.3 Å². The number of hydrogen-bond donors (Lipinski definition) is 3. The smallest absolute Gasteiger partial charge is 0.317 e. The highest BCUT2D eigenvalue weighted by Gasteiger charge is 2.42. The maximum atomic E-state index is 15.3. The van der Waals surface area contributed by atoms with Crippen LogP contribution in [0.3, 0.4) is 0 Å². The molecule has 33 heavy (non-hydrogen) atoms. The van der Waals surface area contributed by atoms with Gasteiger partial charge in [0, 0.05) is 37.7 Å². The van der Waals surface area contributed by atoms with Gasteiger partial charge in [0.15, 0.2) is 0 Å². The zero-order valence-electron chi connectivity index (χ0n) is 19.9. The van der Waals surface area contributed by atoms with Crippen molar-refractivity contribution in [1.29, 1.82) is 0 Å². The van der Waals surface area contributed by atoms with Crippen LogP contribution in [-0.4, -0.2) is 49.3 Å². The van der Waals surface area contributed by atoms with E-state index in [2.05, 4.69) is 24.5 Å². The largest absolute Gasteiger partial charge is 0.385 e. The predicted octanol–water partition coefficient (Wildman–Crippen LogP) is 4.50. The summed E-state index contributed by atoms with van der Waals surface area (Å²) in [5.41, 5.74) is 1.62. The lowest BCUT2D eigenvalue weighted by molar-refractivity contribution is -0.0530. The molecule has 0 bridgehead atoms. The molecule has 1 heterocycles. The van der Waals surface area contributed by atoms with E-state index in [0.29, 0.717) is 50.1 Å². The Labute approximate surface area is 197 Å². The van der Waals surface area contributed by atoms with Crippen LogP contribution in [0.2, 0.25) is 0 Å². The van der Waals surface area contributed by atoms with Crippen LogP contribution in [0.15, 0.2) is 42.5 Å². The van der Waals surface area contributed by atoms with E-state index >= 15 is 4.39 Å². The number of nitrogens with one attached hydrogen (secondary N) is 2. The molecule has 0 spiro atoms. The number of amides is 2. The van der Waals surface area contributed by atoms with E-state index in [1.165, 1.54) is 6.07 Å². The monoisotopic (exact) mass is 454 g/mol. The molecule has 0 saturated carbocycles. The molecule has 2 aromatic rings. The van der Waals surface area contributed by atoms with Gasteiger partial charge in [-0.3, -0.25) is 0 Å². The molecule has 1 fully saturated rings. The Morgan fingerprint density at radius 3 is 2.79 bits per heavy atom. The summed E-state index contributed by atoms with van der Waals surface area (Å²) in [6.07, 6.45) is 3.31. The normalized spacial score (nSPS) is 18.1. The number of likely N-dealkylation sites (N-methyl/N-ethyl adjacent to an activating group) is 1. The second-order valence-corrected chi connectivity index (χ2v) is 8.86. The Kier molecular flexibility index (Phi) is 8.87. The fourth-order valence-corrected chi connectivity index (χ4v) is 4.91. The zero-order chi connectivity index (χ0) is 23.8. The van der Waals surface area contributed by atoms with Gasteiger partial charge in [0.05, 0.1) is 5.60 Å². The first-order chi connectivity index (χ1) is 15.9. The molecular formula is C27H37FN3O2. The summed E-state index contributed by atoms with van der Waals surface area (Å²) in [4.78, 5) is 14.5. The number of halogens is 1. The van der Waals surface area contributed by atoms with Gasteiger partial charge in [0.25, 0.3) is 0 Å². The van der Waals surface area contributed by atoms with Gasteiger partial charge in [-0.25, -0.2) is 9.18 Å². The molecule has 0 unspecified atom stereocenters. The van der Waals surface area contributed by atoms with Gasteiger partial charge in [-0.1, -0.05) is 56.7 Å². The maximum absolute atomic E-state index is 15.3. The van der Waals surface area contributed by atoms with E-state index in [1.807, 2.05) is 37.4 Å². The molecule has 1 radical (unpaired) electrons. The number of benzene rings is 2. The van der Waals surface area contributed by atoms with Crippen molar-refractivity contribution in [3.63, 3.8) is 0 Å². The summed E-state index contributed by atoms with van der Waals surface area (Å²) >= 11 is 0. The Hall–Kier alpha value is -2.44. The molecule has 0 aliphatic carbocycles. The fraction of sp³-hybridized carbons (Fsp3) is 0.481. The summed E-state index contributed by atoms with van der Waals surface area (Å²) in [7, 11) is 1.84. The number of carbonyl (C=O) groups is 1. The number of carbonyl (C=O) groups excluding carboxylic acids is 1. The lowest BCUT2D eigenvalue weighted by atomic mass is 9.72. The number of rotatable bonds is 9. The van der Waals surface area contributed by atoms with Crippen LogP contribution in [0.4, 0.5) is 9.18 Å². The van der Waals surface area contributed by atoms with Gasteiger partial charge >= 0.3 is 6.03 Å². The van der Waals surface area contributed by atoms with E-state index in [-0.39, 0.29) is 17.8 Å². The molecule has 2 atom stereocenters. The molecule has 2 aromatic carbocycles. The van der Waals surface area contributed by atoms with Gasteiger partial charge in [-0.2, -0.15) is 0 Å². The first-order valence-electron chi connectivity index (χ1n) is 12.0. The molecule has 5 nitrogen and oxygen atoms in total. The number of likely N-dealkylation sites (tertiary alicyclic amines) is 1. The van der Waals surface area contributed by atoms with Gasteiger partial charge in [0.1, 0.15) is 5.82 Å². The van der Waals surface area contributed by atoms with Crippen LogP contribution >= 0.6 is 0 Å². The Morgan fingerprint density at radius 1 is 1.27 bits per heavy atom. The highest BCUT2D eigenvalue weighted by Crippen LogP contribution is 2.44. The van der Waals surface area contributed by atoms with Crippen LogP contribution in [0, 0.1) is 18.7 Å². The highest BCUT2D eigenvalue weighted by molar-refractivity contribution is 5.74. The summed E-state index contributed by atoms with van der Waals surface area (Å²) in [5, 5.41) is 18.1. The lowest BCUT2D eigenvalue weighted by Crippen LogP contribution is -2.51. The average molecular weight is 455 g/mol. The van der Waals surface area contributed by atoms with Crippen LogP contribution < -0.4 is 10.6 Å². The van der Waals surface area contributed by atoms with Crippen molar-refractivity contribution in [2.45, 2.75) is 44.6 Å². The molecule has 1 aliphatic rings. The third kappa shape index (κ3) is 5.74. The minimum atomic E-state index is -1.29. The Bertz CT molecular complexity index is 935. The SMILES string of the molecule is [CH2]CC[C@@](O)(c1cccc(F)c1-c1cccc(CC)c1)[C@@H]1CCCN(C(=O)NCCNC)C1. The number of nitrogens with zero attached hydrogens (tertiary/aromatic N) is 1. The number of piperidine rings is 1. The second kappa shape index (κ2) is 11.6. The van der Waals surface area contributed by atoms with Crippen molar-refractivity contribution >= 4 is 6.03 Å². The Balaban J connectivity index is 1.98. The van der Waals surface area contributed by atoms with E-state index in [1.54, 1.807) is 11.0 Å². The summed E-state index contributed by atoms with van der Waals surface area (Å²) < 4.78 is 15.3. The van der Waals surface area contributed by atoms with Crippen LogP contribution in [0.25, 0.3) is 11.1 Å². The van der Waals surface area contributed by atoms with Crippen LogP contribution in [0.5, 0.6) is 0 Å². The van der Waals surface area contributed by atoms with Gasteiger partial charge in [-0.05, 0) is 55.5 Å². The first-order valence-corrected chi connectivity index (χ1v) is 12.0. The maximum Gasteiger partial charge on any atom is 0.317 e. The molecule has 1 saturated heterocycles. The van der Waals surface area contributed by atoms with Gasteiger partial charge in [0.2, 0.25) is 0 Å². The van der Waals surface area contributed by atoms with Crippen molar-refractivity contribution in [2.75, 3.05) is 33.2 Å². The molecular weight excluding hydrogens is 417 g/mol. The van der Waals surface area contributed by atoms with Gasteiger partial charge in [-0.15, -0.1) is 0 Å². The van der Waals surface area contributed by atoms with Crippen molar-refractivity contribution in [1.82, 2.24) is 15.5 Å². The van der Waals surface area contributed by atoms with Crippen LogP contribution in [-0.2, 0) is 12.0 Å². The van der Waals surface area contributed by atoms with Crippen molar-refractivity contribution < 1.29 is 14.3 Å². The lowest BCUT2D eigenvalue weighted by Gasteiger charge is -2.43. The van der Waals surface area contributed by atoms with Gasteiger partial charge < -0.3 is 20.6 Å². The van der Waals surface area contributed by atoms with E-state index in [9.17, 15) is 9.90 Å². The average Bonchev–Trinajstić information content (AvgIpc) is 2.84. The third-order valence-electron chi connectivity index (χ3n) is 6.70. The van der Waals surface area contributed by atoms with Crippen LogP contribution in [0.1, 0.15) is 43.7 Å².